The molecule has 1 saturated heterocycles. The van der Waals surface area contributed by atoms with E-state index in [2.05, 4.69) is 21.0 Å². The zero-order valence-electron chi connectivity index (χ0n) is 16.4. The van der Waals surface area contributed by atoms with Gasteiger partial charge in [-0.15, -0.1) is 0 Å². The highest BCUT2D eigenvalue weighted by atomic mass is 16.7. The predicted octanol–water partition coefficient (Wildman–Crippen LogP) is 0.251. The molecule has 1 heterocycles. The van der Waals surface area contributed by atoms with Crippen LogP contribution in [0.25, 0.3) is 0 Å². The van der Waals surface area contributed by atoms with Crippen molar-refractivity contribution in [1.29, 1.82) is 0 Å². The molecule has 0 N–H and O–H groups in total. The van der Waals surface area contributed by atoms with E-state index in [4.69, 9.17) is 23.7 Å². The van der Waals surface area contributed by atoms with Gasteiger partial charge in [0.1, 0.15) is 6.54 Å². The zero-order valence-corrected chi connectivity index (χ0v) is 16.4. The smallest absolute Gasteiger partial charge is 0.303 e. The van der Waals surface area contributed by atoms with Gasteiger partial charge in [0, 0.05) is 20.8 Å². The largest absolute Gasteiger partial charge is 0.456 e. The van der Waals surface area contributed by atoms with Gasteiger partial charge in [0.2, 0.25) is 0 Å². The Morgan fingerprint density at radius 1 is 0.962 bits per heavy atom. The topological polar surface area (TPSA) is 97.4 Å². The van der Waals surface area contributed by atoms with E-state index in [1.54, 1.807) is 0 Å². The number of carbonyl (C=O) groups excluding carboxylic acids is 3. The van der Waals surface area contributed by atoms with E-state index in [0.717, 1.165) is 17.6 Å². The molecule has 150 valence electrons. The van der Waals surface area contributed by atoms with E-state index in [-0.39, 0.29) is 6.61 Å². The molecule has 0 radical (unpaired) electrons. The Kier molecular flexibility index (Phi) is 8.45. The lowest BCUT2D eigenvalue weighted by molar-refractivity contribution is -0.889. The fraction of sp³-hybridized carbons (Fsp3) is 0.824. The lowest BCUT2D eigenvalue weighted by Crippen LogP contribution is -2.58. The molecule has 1 aliphatic rings. The highest BCUT2D eigenvalue weighted by Crippen LogP contribution is 2.25. The highest BCUT2D eigenvalue weighted by Gasteiger charge is 2.47. The average molecular weight is 376 g/mol. The summed E-state index contributed by atoms with van der Waals surface area (Å²) in [5.41, 5.74) is 0. The van der Waals surface area contributed by atoms with Gasteiger partial charge in [-0.1, -0.05) is 0 Å². The third kappa shape index (κ3) is 7.27. The van der Waals surface area contributed by atoms with E-state index in [1.807, 2.05) is 0 Å². The molecule has 4 atom stereocenters. The van der Waals surface area contributed by atoms with Crippen molar-refractivity contribution in [2.75, 3.05) is 40.4 Å². The van der Waals surface area contributed by atoms with Gasteiger partial charge >= 0.3 is 17.9 Å². The Labute approximate surface area is 154 Å². The van der Waals surface area contributed by atoms with E-state index in [1.165, 1.54) is 20.8 Å². The third-order valence-electron chi connectivity index (χ3n) is 4.14. The molecular weight excluding hydrogens is 346 g/mol. The molecule has 0 aromatic carbocycles. The first-order valence-corrected chi connectivity index (χ1v) is 8.62. The first-order valence-electron chi connectivity index (χ1n) is 8.62. The summed E-state index contributed by atoms with van der Waals surface area (Å²) in [6.45, 7) is 7.72. The van der Waals surface area contributed by atoms with Crippen LogP contribution >= 0.6 is 0 Å². The van der Waals surface area contributed by atoms with Crippen molar-refractivity contribution in [2.45, 2.75) is 52.3 Å². The summed E-state index contributed by atoms with van der Waals surface area (Å²) >= 11 is 0. The fourth-order valence-electron chi connectivity index (χ4n) is 2.43. The van der Waals surface area contributed by atoms with E-state index >= 15 is 0 Å². The minimum absolute atomic E-state index is 0.0357. The second-order valence-electron chi connectivity index (χ2n) is 6.84. The molecule has 0 aliphatic carbocycles. The number of quaternary nitrogens is 1. The lowest BCUT2D eigenvalue weighted by atomic mass is 10.0. The van der Waals surface area contributed by atoms with Crippen molar-refractivity contribution in [3.05, 3.63) is 0 Å². The van der Waals surface area contributed by atoms with Crippen LogP contribution in [0.1, 0.15) is 27.7 Å². The van der Waals surface area contributed by atoms with Crippen LogP contribution in [0.2, 0.25) is 0 Å². The normalized spacial score (nSPS) is 26.1. The van der Waals surface area contributed by atoms with Crippen molar-refractivity contribution in [3.63, 3.8) is 0 Å². The number of hydrogen-bond acceptors (Lipinski definition) is 8. The van der Waals surface area contributed by atoms with E-state index < -0.39 is 42.5 Å². The van der Waals surface area contributed by atoms with Crippen LogP contribution in [0.15, 0.2) is 0 Å². The maximum absolute atomic E-state index is 11.5. The monoisotopic (exact) mass is 376 g/mol. The fourth-order valence-corrected chi connectivity index (χ4v) is 2.43. The summed E-state index contributed by atoms with van der Waals surface area (Å²) in [6.07, 6.45) is -3.85. The maximum Gasteiger partial charge on any atom is 0.303 e. The molecule has 0 aromatic heterocycles. The summed E-state index contributed by atoms with van der Waals surface area (Å²) in [7, 11) is 4.13. The highest BCUT2D eigenvalue weighted by molar-refractivity contribution is 5.68. The molecule has 1 rings (SSSR count). The van der Waals surface area contributed by atoms with Crippen LogP contribution in [0.4, 0.5) is 0 Å². The molecule has 1 fully saturated rings. The summed E-state index contributed by atoms with van der Waals surface area (Å²) < 4.78 is 27.8. The molecular formula is C17H30NO8+. The molecule has 0 aromatic rings. The van der Waals surface area contributed by atoms with E-state index in [0.29, 0.717) is 6.61 Å². The van der Waals surface area contributed by atoms with Crippen LogP contribution in [0.3, 0.4) is 0 Å². The van der Waals surface area contributed by atoms with Crippen molar-refractivity contribution in [1.82, 2.24) is 0 Å². The minimum atomic E-state index is -1.04. The van der Waals surface area contributed by atoms with Crippen molar-refractivity contribution >= 4 is 17.9 Å². The molecule has 0 unspecified atom stereocenters. The van der Waals surface area contributed by atoms with Crippen molar-refractivity contribution < 1.29 is 42.6 Å². The Balaban J connectivity index is 2.90. The summed E-state index contributed by atoms with van der Waals surface area (Å²) in [5.74, 6) is -1.73. The number of esters is 3. The van der Waals surface area contributed by atoms with Crippen LogP contribution < -0.4 is 0 Å². The van der Waals surface area contributed by atoms with Gasteiger partial charge in [0.15, 0.2) is 24.6 Å². The molecule has 26 heavy (non-hydrogen) atoms. The molecule has 9 heteroatoms. The number of nitrogens with zero attached hydrogens (tertiary/aromatic N) is 1. The van der Waals surface area contributed by atoms with Crippen LogP contribution in [-0.2, 0) is 38.1 Å². The lowest BCUT2D eigenvalue weighted by Gasteiger charge is -2.40. The Morgan fingerprint density at radius 3 is 2.00 bits per heavy atom. The summed E-state index contributed by atoms with van der Waals surface area (Å²) in [4.78, 5) is 34.3. The predicted molar refractivity (Wildman–Crippen MR) is 89.9 cm³/mol. The number of carbonyl (C=O) groups is 3. The number of hydrogen-bond donors (Lipinski definition) is 0. The Bertz CT molecular complexity index is 507. The van der Waals surface area contributed by atoms with Crippen molar-refractivity contribution in [2.24, 2.45) is 0 Å². The van der Waals surface area contributed by atoms with Gasteiger partial charge in [-0.2, -0.15) is 0 Å². The van der Waals surface area contributed by atoms with Gasteiger partial charge < -0.3 is 28.2 Å². The summed E-state index contributed by atoms with van der Waals surface area (Å²) in [5, 5.41) is 0. The Hall–Kier alpha value is -1.71. The van der Waals surface area contributed by atoms with Crippen LogP contribution in [-0.4, -0.2) is 87.4 Å². The molecule has 0 bridgehead atoms. The minimum Gasteiger partial charge on any atom is -0.456 e. The second-order valence-corrected chi connectivity index (χ2v) is 6.84. The van der Waals surface area contributed by atoms with E-state index in [9.17, 15) is 14.4 Å². The first kappa shape index (κ1) is 22.3. The van der Waals surface area contributed by atoms with Gasteiger partial charge in [-0.3, -0.25) is 14.4 Å². The van der Waals surface area contributed by atoms with Crippen molar-refractivity contribution in [3.8, 4) is 0 Å². The molecule has 0 saturated carbocycles. The van der Waals surface area contributed by atoms with Gasteiger partial charge in [0.25, 0.3) is 0 Å². The zero-order chi connectivity index (χ0) is 19.9. The summed E-state index contributed by atoms with van der Waals surface area (Å²) in [6, 6.07) is 0. The molecule has 1 aliphatic heterocycles. The molecule has 9 nitrogen and oxygen atoms in total. The maximum atomic E-state index is 11.5. The third-order valence-corrected chi connectivity index (χ3v) is 4.14. The van der Waals surface area contributed by atoms with Crippen LogP contribution in [0, 0.1) is 0 Å². The average Bonchev–Trinajstić information content (AvgIpc) is 2.51. The van der Waals surface area contributed by atoms with Gasteiger partial charge in [0.05, 0.1) is 33.9 Å². The van der Waals surface area contributed by atoms with Gasteiger partial charge in [-0.25, -0.2) is 0 Å². The number of likely N-dealkylation sites (N-methyl/N-ethyl adjacent to an activating group) is 1. The SMILES string of the molecule is CC[N+](C)(C)CCO[C@H]1OC[C@@H](OC(C)=O)[C@H](OC(C)=O)[C@H]1OC(C)=O. The first-order chi connectivity index (χ1) is 12.1. The second kappa shape index (κ2) is 9.84. The quantitative estimate of drug-likeness (QED) is 0.338. The Morgan fingerprint density at radius 2 is 1.50 bits per heavy atom. The number of rotatable bonds is 8. The van der Waals surface area contributed by atoms with Gasteiger partial charge in [-0.05, 0) is 6.92 Å². The van der Waals surface area contributed by atoms with Crippen LogP contribution in [0.5, 0.6) is 0 Å². The number of ether oxygens (including phenoxy) is 5. The standard InChI is InChI=1S/C17H30NO8/c1-7-18(5,6)8-9-22-17-16(26-13(4)21)15(25-12(3)20)14(10-23-17)24-11(2)19/h14-17H,7-10H2,1-6H3/q+1/t14-,15+,16-,17+/m1/s1. The molecule has 0 spiro atoms. The molecule has 0 amide bonds.